The lowest BCUT2D eigenvalue weighted by molar-refractivity contribution is 0.0960. The number of Topliss-reactive ketones (excluding diaryl/α,β-unsaturated/α-hetero) is 1. The summed E-state index contributed by atoms with van der Waals surface area (Å²) in [5.41, 5.74) is 0.662. The molecule has 1 unspecified atom stereocenters. The molecule has 0 aromatic heterocycles. The van der Waals surface area contributed by atoms with Crippen LogP contribution in [0.2, 0.25) is 0 Å². The van der Waals surface area contributed by atoms with E-state index in [-0.39, 0.29) is 18.2 Å². The molecule has 2 aliphatic heterocycles. The van der Waals surface area contributed by atoms with Crippen LogP contribution in [0, 0.1) is 0 Å². The fraction of sp³-hybridized carbons (Fsp3) is 0.588. The molecule has 2 fully saturated rings. The van der Waals surface area contributed by atoms with Gasteiger partial charge in [0.25, 0.3) is 10.2 Å². The van der Waals surface area contributed by atoms with Crippen molar-refractivity contribution in [1.82, 2.24) is 8.61 Å². The molecule has 23 heavy (non-hydrogen) atoms. The molecule has 2 heterocycles. The lowest BCUT2D eigenvalue weighted by Crippen LogP contribution is -2.48. The number of rotatable bonds is 5. The minimum absolute atomic E-state index is 0.0244. The first-order chi connectivity index (χ1) is 11.1. The highest BCUT2D eigenvalue weighted by Crippen LogP contribution is 2.28. The molecule has 1 atom stereocenters. The molecule has 2 aliphatic rings. The summed E-state index contributed by atoms with van der Waals surface area (Å²) in [6.07, 6.45) is 4.84. The summed E-state index contributed by atoms with van der Waals surface area (Å²) >= 11 is 0. The molecule has 1 aromatic carbocycles. The van der Waals surface area contributed by atoms with Gasteiger partial charge in [0.15, 0.2) is 5.78 Å². The van der Waals surface area contributed by atoms with Crippen LogP contribution in [0.25, 0.3) is 0 Å². The zero-order valence-corrected chi connectivity index (χ0v) is 14.2. The predicted molar refractivity (Wildman–Crippen MR) is 89.5 cm³/mol. The van der Waals surface area contributed by atoms with Crippen LogP contribution < -0.4 is 0 Å². The van der Waals surface area contributed by atoms with E-state index in [1.165, 1.54) is 0 Å². The van der Waals surface area contributed by atoms with E-state index < -0.39 is 10.2 Å². The minimum atomic E-state index is -3.42. The topological polar surface area (TPSA) is 57.7 Å². The van der Waals surface area contributed by atoms with Crippen molar-refractivity contribution in [3.05, 3.63) is 35.9 Å². The van der Waals surface area contributed by atoms with Crippen LogP contribution in [0.3, 0.4) is 0 Å². The standard InChI is InChI=1S/C17H24N2O3S/c20-17(15-8-3-1-4-9-15)14-16-10-7-13-19(16)23(21,22)18-11-5-2-6-12-18/h1,3-4,8-9,16H,2,5-7,10-14H2. The molecule has 1 aromatic rings. The van der Waals surface area contributed by atoms with Gasteiger partial charge in [0, 0.05) is 37.7 Å². The molecule has 0 N–H and O–H groups in total. The molecular formula is C17H24N2O3S. The van der Waals surface area contributed by atoms with Crippen molar-refractivity contribution in [3.63, 3.8) is 0 Å². The van der Waals surface area contributed by atoms with E-state index >= 15 is 0 Å². The number of hydrogen-bond acceptors (Lipinski definition) is 3. The minimum Gasteiger partial charge on any atom is -0.294 e. The molecule has 3 rings (SSSR count). The Kier molecular flexibility index (Phi) is 5.14. The predicted octanol–water partition coefficient (Wildman–Crippen LogP) is 2.45. The highest BCUT2D eigenvalue weighted by atomic mass is 32.2. The summed E-state index contributed by atoms with van der Waals surface area (Å²) in [6.45, 7) is 1.75. The summed E-state index contributed by atoms with van der Waals surface area (Å²) in [4.78, 5) is 12.4. The summed E-state index contributed by atoms with van der Waals surface area (Å²) in [6, 6.07) is 8.93. The first-order valence-electron chi connectivity index (χ1n) is 8.44. The van der Waals surface area contributed by atoms with E-state index in [2.05, 4.69) is 0 Å². The van der Waals surface area contributed by atoms with Gasteiger partial charge in [0.2, 0.25) is 0 Å². The largest absolute Gasteiger partial charge is 0.294 e. The highest BCUT2D eigenvalue weighted by Gasteiger charge is 2.39. The first-order valence-corrected chi connectivity index (χ1v) is 9.84. The smallest absolute Gasteiger partial charge is 0.282 e. The second-order valence-corrected chi connectivity index (χ2v) is 8.25. The Bertz CT molecular complexity index is 639. The molecule has 5 nitrogen and oxygen atoms in total. The second kappa shape index (κ2) is 7.11. The van der Waals surface area contributed by atoms with E-state index in [1.807, 2.05) is 18.2 Å². The molecule has 0 amide bonds. The number of nitrogens with zero attached hydrogens (tertiary/aromatic N) is 2. The molecular weight excluding hydrogens is 312 g/mol. The zero-order valence-electron chi connectivity index (χ0n) is 13.4. The maximum absolute atomic E-state index is 12.9. The van der Waals surface area contributed by atoms with Gasteiger partial charge in [0.1, 0.15) is 0 Å². The third kappa shape index (κ3) is 3.65. The normalized spacial score (nSPS) is 23.9. The molecule has 126 valence electrons. The third-order valence-electron chi connectivity index (χ3n) is 4.78. The lowest BCUT2D eigenvalue weighted by Gasteiger charge is -2.32. The molecule has 0 aliphatic carbocycles. The number of carbonyl (C=O) groups is 1. The molecule has 2 saturated heterocycles. The molecule has 0 saturated carbocycles. The van der Waals surface area contributed by atoms with Gasteiger partial charge in [0.05, 0.1) is 0 Å². The number of benzene rings is 1. The van der Waals surface area contributed by atoms with Crippen molar-refractivity contribution in [2.75, 3.05) is 19.6 Å². The van der Waals surface area contributed by atoms with E-state index in [4.69, 9.17) is 0 Å². The Morgan fingerprint density at radius 2 is 1.70 bits per heavy atom. The van der Waals surface area contributed by atoms with Crippen LogP contribution in [0.4, 0.5) is 0 Å². The fourth-order valence-electron chi connectivity index (χ4n) is 3.52. The van der Waals surface area contributed by atoms with E-state index in [1.54, 1.807) is 20.7 Å². The van der Waals surface area contributed by atoms with Crippen molar-refractivity contribution in [2.24, 2.45) is 0 Å². The number of ketones is 1. The van der Waals surface area contributed by atoms with E-state index in [0.717, 1.165) is 32.1 Å². The van der Waals surface area contributed by atoms with Gasteiger partial charge in [-0.05, 0) is 25.7 Å². The Hall–Kier alpha value is -1.24. The van der Waals surface area contributed by atoms with Crippen LogP contribution in [0.1, 0.15) is 48.9 Å². The van der Waals surface area contributed by atoms with Crippen LogP contribution in [-0.4, -0.2) is 48.5 Å². The number of hydrogen-bond donors (Lipinski definition) is 0. The van der Waals surface area contributed by atoms with Gasteiger partial charge in [-0.2, -0.15) is 17.0 Å². The van der Waals surface area contributed by atoms with Crippen LogP contribution in [-0.2, 0) is 10.2 Å². The Morgan fingerprint density at radius 1 is 1.00 bits per heavy atom. The van der Waals surface area contributed by atoms with Crippen molar-refractivity contribution in [3.8, 4) is 0 Å². The van der Waals surface area contributed by atoms with Gasteiger partial charge in [-0.25, -0.2) is 0 Å². The van der Waals surface area contributed by atoms with E-state index in [0.29, 0.717) is 25.2 Å². The average molecular weight is 336 g/mol. The first kappa shape index (κ1) is 16.6. The number of piperidine rings is 1. The van der Waals surface area contributed by atoms with Gasteiger partial charge >= 0.3 is 0 Å². The van der Waals surface area contributed by atoms with Crippen molar-refractivity contribution in [2.45, 2.75) is 44.6 Å². The van der Waals surface area contributed by atoms with Gasteiger partial charge in [-0.15, -0.1) is 0 Å². The van der Waals surface area contributed by atoms with E-state index in [9.17, 15) is 13.2 Å². The Morgan fingerprint density at radius 3 is 2.39 bits per heavy atom. The molecule has 0 radical (unpaired) electrons. The van der Waals surface area contributed by atoms with Crippen molar-refractivity contribution >= 4 is 16.0 Å². The third-order valence-corrected chi connectivity index (χ3v) is 6.87. The van der Waals surface area contributed by atoms with Crippen LogP contribution in [0.15, 0.2) is 30.3 Å². The summed E-state index contributed by atoms with van der Waals surface area (Å²) in [5.74, 6) is 0.0244. The van der Waals surface area contributed by atoms with Gasteiger partial charge in [-0.3, -0.25) is 4.79 Å². The lowest BCUT2D eigenvalue weighted by atomic mass is 10.0. The van der Waals surface area contributed by atoms with Crippen molar-refractivity contribution in [1.29, 1.82) is 0 Å². The summed E-state index contributed by atoms with van der Waals surface area (Å²) in [7, 11) is -3.42. The Balaban J connectivity index is 1.71. The van der Waals surface area contributed by atoms with Gasteiger partial charge in [-0.1, -0.05) is 36.8 Å². The van der Waals surface area contributed by atoms with Crippen LogP contribution >= 0.6 is 0 Å². The SMILES string of the molecule is O=C(CC1CCCN1S(=O)(=O)N1CCCCC1)c1ccccc1. The fourth-order valence-corrected chi connectivity index (χ4v) is 5.45. The monoisotopic (exact) mass is 336 g/mol. The number of carbonyl (C=O) groups excluding carboxylic acids is 1. The molecule has 0 spiro atoms. The van der Waals surface area contributed by atoms with Crippen molar-refractivity contribution < 1.29 is 13.2 Å². The van der Waals surface area contributed by atoms with Gasteiger partial charge < -0.3 is 0 Å². The maximum atomic E-state index is 12.9. The zero-order chi connectivity index (χ0) is 16.3. The summed E-state index contributed by atoms with van der Waals surface area (Å²) < 4.78 is 28.9. The average Bonchev–Trinajstić information content (AvgIpc) is 3.05. The quantitative estimate of drug-likeness (QED) is 0.776. The highest BCUT2D eigenvalue weighted by molar-refractivity contribution is 7.86. The molecule has 0 bridgehead atoms. The van der Waals surface area contributed by atoms with Crippen LogP contribution in [0.5, 0.6) is 0 Å². The second-order valence-electron chi connectivity index (χ2n) is 6.37. The summed E-state index contributed by atoms with van der Waals surface area (Å²) in [5, 5.41) is 0. The molecule has 6 heteroatoms. The Labute approximate surface area is 138 Å². The maximum Gasteiger partial charge on any atom is 0.282 e.